The van der Waals surface area contributed by atoms with Crippen molar-refractivity contribution in [3.05, 3.63) is 73.8 Å². The van der Waals surface area contributed by atoms with E-state index in [0.29, 0.717) is 10.6 Å². The highest BCUT2D eigenvalue weighted by atomic mass is 35.5. The van der Waals surface area contributed by atoms with Crippen molar-refractivity contribution in [1.82, 2.24) is 10.7 Å². The van der Waals surface area contributed by atoms with Crippen LogP contribution in [0.5, 0.6) is 0 Å². The van der Waals surface area contributed by atoms with Crippen LogP contribution in [0.15, 0.2) is 47.6 Å². The fraction of sp³-hybridized carbons (Fsp3) is 0.211. The van der Waals surface area contributed by atoms with E-state index in [1.165, 1.54) is 30.5 Å². The van der Waals surface area contributed by atoms with Gasteiger partial charge in [-0.2, -0.15) is 5.10 Å². The third-order valence-corrected chi connectivity index (χ3v) is 4.47. The summed E-state index contributed by atoms with van der Waals surface area (Å²) in [6, 6.07) is 9.35. The highest BCUT2D eigenvalue weighted by molar-refractivity contribution is 6.33. The molecule has 152 valence electrons. The second-order valence-electron chi connectivity index (χ2n) is 6.40. The molecule has 2 N–H and O–H groups in total. The minimum Gasteiger partial charge on any atom is -0.340 e. The third-order valence-electron chi connectivity index (χ3n) is 3.89. The molecule has 0 spiro atoms. The summed E-state index contributed by atoms with van der Waals surface area (Å²) in [4.78, 5) is 35.1. The number of nitro benzene ring substituents is 1. The standard InChI is InChI=1S/C19H18Cl2N4O4/c1-11(2)17(23-18(26)12-4-3-5-14(20)8-12)19(27)24-22-10-13-9-15(25(28)29)6-7-16(13)21/h3-11,17H,1-2H3,(H,23,26)(H,24,27). The zero-order valence-electron chi connectivity index (χ0n) is 15.6. The third kappa shape index (κ3) is 6.27. The van der Waals surface area contributed by atoms with Gasteiger partial charge in [-0.1, -0.05) is 43.1 Å². The Balaban J connectivity index is 2.08. The lowest BCUT2D eigenvalue weighted by molar-refractivity contribution is -0.384. The summed E-state index contributed by atoms with van der Waals surface area (Å²) in [5, 5.41) is 17.9. The molecule has 0 aliphatic heterocycles. The van der Waals surface area contributed by atoms with Crippen LogP contribution in [0.1, 0.15) is 29.8 Å². The van der Waals surface area contributed by atoms with Gasteiger partial charge in [0.15, 0.2) is 0 Å². The van der Waals surface area contributed by atoms with E-state index in [2.05, 4.69) is 15.8 Å². The monoisotopic (exact) mass is 436 g/mol. The van der Waals surface area contributed by atoms with Gasteiger partial charge in [0.05, 0.1) is 11.1 Å². The van der Waals surface area contributed by atoms with Gasteiger partial charge in [0.1, 0.15) is 6.04 Å². The van der Waals surface area contributed by atoms with Gasteiger partial charge in [0.25, 0.3) is 17.5 Å². The van der Waals surface area contributed by atoms with E-state index in [4.69, 9.17) is 23.2 Å². The fourth-order valence-electron chi connectivity index (χ4n) is 2.37. The van der Waals surface area contributed by atoms with Gasteiger partial charge in [0.2, 0.25) is 0 Å². The van der Waals surface area contributed by atoms with E-state index in [-0.39, 0.29) is 22.2 Å². The number of benzene rings is 2. The van der Waals surface area contributed by atoms with Crippen LogP contribution in [0.4, 0.5) is 5.69 Å². The molecule has 2 amide bonds. The van der Waals surface area contributed by atoms with Crippen molar-refractivity contribution in [2.75, 3.05) is 0 Å². The molecule has 0 aliphatic rings. The highest BCUT2D eigenvalue weighted by Crippen LogP contribution is 2.20. The molecule has 0 saturated carbocycles. The van der Waals surface area contributed by atoms with Crippen LogP contribution in [0.25, 0.3) is 0 Å². The van der Waals surface area contributed by atoms with Gasteiger partial charge in [-0.3, -0.25) is 19.7 Å². The summed E-state index contributed by atoms with van der Waals surface area (Å²) in [5.41, 5.74) is 2.75. The minimum absolute atomic E-state index is 0.156. The summed E-state index contributed by atoms with van der Waals surface area (Å²) in [5.74, 6) is -1.23. The second kappa shape index (κ2) is 9.99. The summed E-state index contributed by atoms with van der Waals surface area (Å²) in [7, 11) is 0. The number of nitro groups is 1. The Morgan fingerprint density at radius 2 is 1.90 bits per heavy atom. The first-order valence-corrected chi connectivity index (χ1v) is 9.28. The van der Waals surface area contributed by atoms with E-state index in [9.17, 15) is 19.7 Å². The van der Waals surface area contributed by atoms with E-state index in [0.717, 1.165) is 0 Å². The maximum absolute atomic E-state index is 12.5. The number of hydrazone groups is 1. The van der Waals surface area contributed by atoms with Crippen LogP contribution in [0.3, 0.4) is 0 Å². The number of amides is 2. The smallest absolute Gasteiger partial charge is 0.270 e. The van der Waals surface area contributed by atoms with Crippen molar-refractivity contribution in [1.29, 1.82) is 0 Å². The molecule has 10 heteroatoms. The normalized spacial score (nSPS) is 12.0. The Morgan fingerprint density at radius 1 is 1.17 bits per heavy atom. The Morgan fingerprint density at radius 3 is 2.52 bits per heavy atom. The number of hydrogen-bond donors (Lipinski definition) is 2. The molecule has 2 rings (SSSR count). The number of carbonyl (C=O) groups excluding carboxylic acids is 2. The topological polar surface area (TPSA) is 114 Å². The lowest BCUT2D eigenvalue weighted by Crippen LogP contribution is -2.48. The summed E-state index contributed by atoms with van der Waals surface area (Å²) in [6.07, 6.45) is 1.20. The molecule has 0 saturated heterocycles. The Bertz CT molecular complexity index is 963. The van der Waals surface area contributed by atoms with Crippen molar-refractivity contribution < 1.29 is 14.5 Å². The Kier molecular flexibility index (Phi) is 7.69. The van der Waals surface area contributed by atoms with Crippen LogP contribution < -0.4 is 10.7 Å². The Hall–Kier alpha value is -2.97. The van der Waals surface area contributed by atoms with Gasteiger partial charge in [-0.25, -0.2) is 5.43 Å². The largest absolute Gasteiger partial charge is 0.340 e. The molecule has 8 nitrogen and oxygen atoms in total. The van der Waals surface area contributed by atoms with E-state index >= 15 is 0 Å². The quantitative estimate of drug-likeness (QED) is 0.390. The molecule has 0 aliphatic carbocycles. The zero-order chi connectivity index (χ0) is 21.6. The summed E-state index contributed by atoms with van der Waals surface area (Å²) >= 11 is 11.9. The van der Waals surface area contributed by atoms with Crippen molar-refractivity contribution in [2.24, 2.45) is 11.0 Å². The van der Waals surface area contributed by atoms with Gasteiger partial charge in [-0.15, -0.1) is 0 Å². The number of hydrogen-bond acceptors (Lipinski definition) is 5. The molecule has 2 aromatic rings. The maximum Gasteiger partial charge on any atom is 0.270 e. The molecule has 1 atom stereocenters. The van der Waals surface area contributed by atoms with Crippen LogP contribution in [0.2, 0.25) is 10.0 Å². The fourth-order valence-corrected chi connectivity index (χ4v) is 2.72. The van der Waals surface area contributed by atoms with E-state index in [1.54, 1.807) is 32.0 Å². The van der Waals surface area contributed by atoms with Crippen molar-refractivity contribution in [2.45, 2.75) is 19.9 Å². The molecular weight excluding hydrogens is 419 g/mol. The van der Waals surface area contributed by atoms with Crippen LogP contribution in [-0.2, 0) is 4.79 Å². The molecule has 0 bridgehead atoms. The van der Waals surface area contributed by atoms with Crippen molar-refractivity contribution >= 4 is 46.9 Å². The minimum atomic E-state index is -0.862. The lowest BCUT2D eigenvalue weighted by atomic mass is 10.0. The molecular formula is C19H18Cl2N4O4. The average Bonchev–Trinajstić information content (AvgIpc) is 2.66. The van der Waals surface area contributed by atoms with Gasteiger partial charge < -0.3 is 5.32 Å². The van der Waals surface area contributed by atoms with Crippen LogP contribution >= 0.6 is 23.2 Å². The summed E-state index contributed by atoms with van der Waals surface area (Å²) < 4.78 is 0. The first-order valence-electron chi connectivity index (χ1n) is 8.52. The van der Waals surface area contributed by atoms with Crippen LogP contribution in [-0.4, -0.2) is 29.0 Å². The molecule has 1 unspecified atom stereocenters. The molecule has 0 fully saturated rings. The Labute approximate surface area is 177 Å². The molecule has 0 radical (unpaired) electrons. The molecule has 0 aromatic heterocycles. The van der Waals surface area contributed by atoms with E-state index < -0.39 is 22.8 Å². The number of carbonyl (C=O) groups is 2. The number of nitrogens with one attached hydrogen (secondary N) is 2. The maximum atomic E-state index is 12.5. The predicted molar refractivity (Wildman–Crippen MR) is 111 cm³/mol. The first kappa shape index (κ1) is 22.3. The second-order valence-corrected chi connectivity index (χ2v) is 7.25. The summed E-state index contributed by atoms with van der Waals surface area (Å²) in [6.45, 7) is 3.53. The number of halogens is 2. The SMILES string of the molecule is CC(C)C(NC(=O)c1cccc(Cl)c1)C(=O)NN=Cc1cc([N+](=O)[O-])ccc1Cl. The first-order chi connectivity index (χ1) is 13.7. The number of non-ortho nitro benzene ring substituents is 1. The van der Waals surface area contributed by atoms with Crippen molar-refractivity contribution in [3.8, 4) is 0 Å². The van der Waals surface area contributed by atoms with Crippen LogP contribution in [0, 0.1) is 16.0 Å². The molecule has 29 heavy (non-hydrogen) atoms. The average molecular weight is 437 g/mol. The lowest BCUT2D eigenvalue weighted by Gasteiger charge is -2.20. The highest BCUT2D eigenvalue weighted by Gasteiger charge is 2.24. The van der Waals surface area contributed by atoms with Gasteiger partial charge in [0, 0.05) is 33.3 Å². The van der Waals surface area contributed by atoms with Gasteiger partial charge in [-0.05, 0) is 30.2 Å². The zero-order valence-corrected chi connectivity index (χ0v) is 17.1. The van der Waals surface area contributed by atoms with Gasteiger partial charge >= 0.3 is 0 Å². The number of nitrogens with zero attached hydrogens (tertiary/aromatic N) is 2. The molecule has 0 heterocycles. The molecule has 2 aromatic carbocycles. The van der Waals surface area contributed by atoms with E-state index in [1.807, 2.05) is 0 Å². The number of rotatable bonds is 7. The van der Waals surface area contributed by atoms with Crippen molar-refractivity contribution in [3.63, 3.8) is 0 Å². The predicted octanol–water partition coefficient (Wildman–Crippen LogP) is 3.81.